The SMILES string of the molecule is COC(=O)C1C(CC(C)=O)C1(C)C. The molecule has 1 fully saturated rings. The number of hydrogen-bond acceptors (Lipinski definition) is 3. The molecular weight excluding hydrogens is 168 g/mol. The lowest BCUT2D eigenvalue weighted by molar-refractivity contribution is -0.143. The summed E-state index contributed by atoms with van der Waals surface area (Å²) in [6, 6.07) is 0. The van der Waals surface area contributed by atoms with Gasteiger partial charge in [0.15, 0.2) is 0 Å². The zero-order valence-corrected chi connectivity index (χ0v) is 8.59. The Balaban J connectivity index is 2.60. The summed E-state index contributed by atoms with van der Waals surface area (Å²) in [5, 5.41) is 0. The van der Waals surface area contributed by atoms with Gasteiger partial charge in [-0.05, 0) is 18.3 Å². The van der Waals surface area contributed by atoms with E-state index < -0.39 is 0 Å². The molecule has 0 radical (unpaired) electrons. The molecule has 0 aromatic rings. The van der Waals surface area contributed by atoms with Crippen molar-refractivity contribution in [2.24, 2.45) is 17.3 Å². The van der Waals surface area contributed by atoms with Crippen LogP contribution in [-0.2, 0) is 14.3 Å². The fourth-order valence-electron chi connectivity index (χ4n) is 2.03. The molecule has 0 aromatic heterocycles. The summed E-state index contributed by atoms with van der Waals surface area (Å²) in [6.45, 7) is 5.56. The van der Waals surface area contributed by atoms with Crippen molar-refractivity contribution in [3.05, 3.63) is 0 Å². The van der Waals surface area contributed by atoms with E-state index in [9.17, 15) is 9.59 Å². The lowest BCUT2D eigenvalue weighted by Gasteiger charge is -1.99. The highest BCUT2D eigenvalue weighted by Crippen LogP contribution is 2.60. The lowest BCUT2D eigenvalue weighted by Crippen LogP contribution is -2.07. The monoisotopic (exact) mass is 184 g/mol. The van der Waals surface area contributed by atoms with Crippen LogP contribution in [0.1, 0.15) is 27.2 Å². The molecule has 0 N–H and O–H groups in total. The molecule has 1 saturated carbocycles. The van der Waals surface area contributed by atoms with Crippen LogP contribution in [0.25, 0.3) is 0 Å². The minimum absolute atomic E-state index is 0.0568. The predicted molar refractivity (Wildman–Crippen MR) is 48.1 cm³/mol. The number of esters is 1. The molecule has 2 atom stereocenters. The molecule has 1 rings (SSSR count). The predicted octanol–water partition coefficient (Wildman–Crippen LogP) is 1.41. The van der Waals surface area contributed by atoms with Crippen molar-refractivity contribution in [1.82, 2.24) is 0 Å². The van der Waals surface area contributed by atoms with Crippen LogP contribution in [-0.4, -0.2) is 18.9 Å². The molecule has 0 bridgehead atoms. The van der Waals surface area contributed by atoms with E-state index in [0.29, 0.717) is 6.42 Å². The molecule has 0 aliphatic heterocycles. The molecule has 1 aliphatic carbocycles. The zero-order chi connectivity index (χ0) is 10.2. The number of methoxy groups -OCH3 is 1. The Morgan fingerprint density at radius 1 is 1.38 bits per heavy atom. The zero-order valence-electron chi connectivity index (χ0n) is 8.59. The molecule has 13 heavy (non-hydrogen) atoms. The topological polar surface area (TPSA) is 43.4 Å². The standard InChI is InChI=1S/C10H16O3/c1-6(11)5-7-8(9(12)13-4)10(7,2)3/h7-8H,5H2,1-4H3. The van der Waals surface area contributed by atoms with Gasteiger partial charge in [0.1, 0.15) is 5.78 Å². The highest BCUT2D eigenvalue weighted by Gasteiger charge is 2.62. The van der Waals surface area contributed by atoms with Gasteiger partial charge in [0.25, 0.3) is 0 Å². The van der Waals surface area contributed by atoms with Gasteiger partial charge in [-0.2, -0.15) is 0 Å². The van der Waals surface area contributed by atoms with Gasteiger partial charge in [-0.15, -0.1) is 0 Å². The van der Waals surface area contributed by atoms with Crippen molar-refractivity contribution in [3.63, 3.8) is 0 Å². The number of rotatable bonds is 3. The van der Waals surface area contributed by atoms with E-state index in [-0.39, 0.29) is 29.0 Å². The molecule has 74 valence electrons. The molecule has 2 unspecified atom stereocenters. The molecule has 3 nitrogen and oxygen atoms in total. The normalized spacial score (nSPS) is 29.5. The second-order valence-corrected chi connectivity index (χ2v) is 4.33. The van der Waals surface area contributed by atoms with Crippen LogP contribution in [0.3, 0.4) is 0 Å². The third-order valence-electron chi connectivity index (χ3n) is 3.01. The Morgan fingerprint density at radius 2 is 1.92 bits per heavy atom. The summed E-state index contributed by atoms with van der Waals surface area (Å²) in [4.78, 5) is 22.1. The van der Waals surface area contributed by atoms with Gasteiger partial charge in [-0.1, -0.05) is 13.8 Å². The maximum absolute atomic E-state index is 11.2. The number of ketones is 1. The largest absolute Gasteiger partial charge is 0.469 e. The molecule has 0 heterocycles. The van der Waals surface area contributed by atoms with Crippen LogP contribution in [0, 0.1) is 17.3 Å². The van der Waals surface area contributed by atoms with Gasteiger partial charge in [-0.25, -0.2) is 0 Å². The Morgan fingerprint density at radius 3 is 2.31 bits per heavy atom. The van der Waals surface area contributed by atoms with Crippen molar-refractivity contribution < 1.29 is 14.3 Å². The van der Waals surface area contributed by atoms with Crippen LogP contribution in [0.4, 0.5) is 0 Å². The van der Waals surface area contributed by atoms with Gasteiger partial charge in [0, 0.05) is 6.42 Å². The van der Waals surface area contributed by atoms with E-state index in [1.807, 2.05) is 13.8 Å². The third kappa shape index (κ3) is 1.74. The van der Waals surface area contributed by atoms with Crippen LogP contribution < -0.4 is 0 Å². The van der Waals surface area contributed by atoms with E-state index >= 15 is 0 Å². The van der Waals surface area contributed by atoms with Gasteiger partial charge >= 0.3 is 5.97 Å². The van der Waals surface area contributed by atoms with Gasteiger partial charge in [0.2, 0.25) is 0 Å². The third-order valence-corrected chi connectivity index (χ3v) is 3.01. The Hall–Kier alpha value is -0.860. The molecule has 0 spiro atoms. The number of Topliss-reactive ketones (excluding diaryl/α,β-unsaturated/α-hetero) is 1. The van der Waals surface area contributed by atoms with E-state index in [1.54, 1.807) is 6.92 Å². The molecule has 1 aliphatic rings. The Bertz CT molecular complexity index is 243. The van der Waals surface area contributed by atoms with Crippen molar-refractivity contribution >= 4 is 11.8 Å². The number of hydrogen-bond donors (Lipinski definition) is 0. The minimum Gasteiger partial charge on any atom is -0.469 e. The maximum Gasteiger partial charge on any atom is 0.309 e. The first-order valence-electron chi connectivity index (χ1n) is 4.48. The second-order valence-electron chi connectivity index (χ2n) is 4.33. The number of carbonyl (C=O) groups is 2. The Labute approximate surface area is 78.5 Å². The highest BCUT2D eigenvalue weighted by molar-refractivity contribution is 5.81. The van der Waals surface area contributed by atoms with Crippen molar-refractivity contribution in [3.8, 4) is 0 Å². The quantitative estimate of drug-likeness (QED) is 0.623. The van der Waals surface area contributed by atoms with Crippen LogP contribution >= 0.6 is 0 Å². The van der Waals surface area contributed by atoms with Gasteiger partial charge in [0.05, 0.1) is 13.0 Å². The fourth-order valence-corrected chi connectivity index (χ4v) is 2.03. The highest BCUT2D eigenvalue weighted by atomic mass is 16.5. The number of ether oxygens (including phenoxy) is 1. The molecule has 0 saturated heterocycles. The van der Waals surface area contributed by atoms with Gasteiger partial charge in [-0.3, -0.25) is 4.79 Å². The van der Waals surface area contributed by atoms with E-state index in [1.165, 1.54) is 7.11 Å². The van der Waals surface area contributed by atoms with Crippen LogP contribution in [0.5, 0.6) is 0 Å². The van der Waals surface area contributed by atoms with E-state index in [0.717, 1.165) is 0 Å². The first-order valence-corrected chi connectivity index (χ1v) is 4.48. The summed E-state index contributed by atoms with van der Waals surface area (Å²) in [5.74, 6) is 0.0552. The average molecular weight is 184 g/mol. The first-order chi connectivity index (χ1) is 5.91. The molecule has 0 aromatic carbocycles. The maximum atomic E-state index is 11.2. The minimum atomic E-state index is -0.184. The second kappa shape index (κ2) is 3.13. The summed E-state index contributed by atoms with van der Waals surface area (Å²) in [6.07, 6.45) is 0.493. The first kappa shape index (κ1) is 10.2. The molecule has 3 heteroatoms. The molecular formula is C10H16O3. The smallest absolute Gasteiger partial charge is 0.309 e. The lowest BCUT2D eigenvalue weighted by atomic mass is 10.1. The van der Waals surface area contributed by atoms with Crippen LogP contribution in [0.2, 0.25) is 0 Å². The van der Waals surface area contributed by atoms with Crippen molar-refractivity contribution in [2.75, 3.05) is 7.11 Å². The Kier molecular flexibility index (Phi) is 2.46. The van der Waals surface area contributed by atoms with E-state index in [4.69, 9.17) is 0 Å². The van der Waals surface area contributed by atoms with Crippen molar-refractivity contribution in [2.45, 2.75) is 27.2 Å². The molecule has 0 amide bonds. The van der Waals surface area contributed by atoms with Crippen molar-refractivity contribution in [1.29, 1.82) is 0 Å². The van der Waals surface area contributed by atoms with E-state index in [2.05, 4.69) is 4.74 Å². The summed E-state index contributed by atoms with van der Waals surface area (Å²) in [7, 11) is 1.39. The summed E-state index contributed by atoms with van der Waals surface area (Å²) >= 11 is 0. The summed E-state index contributed by atoms with van der Waals surface area (Å²) < 4.78 is 4.67. The fraction of sp³-hybridized carbons (Fsp3) is 0.800. The van der Waals surface area contributed by atoms with Gasteiger partial charge < -0.3 is 9.53 Å². The van der Waals surface area contributed by atoms with Crippen LogP contribution in [0.15, 0.2) is 0 Å². The summed E-state index contributed by atoms with van der Waals surface area (Å²) in [5.41, 5.74) is -0.0568. The number of carbonyl (C=O) groups excluding carboxylic acids is 2. The average Bonchev–Trinajstić information content (AvgIpc) is 2.51.